The number of benzene rings is 12. The maximum atomic E-state index is 2.29. The topological polar surface area (TPSA) is 0 Å². The van der Waals surface area contributed by atoms with E-state index in [0.29, 0.717) is 0 Å². The minimum Gasteiger partial charge on any atom is -0.0622 e. The summed E-state index contributed by atoms with van der Waals surface area (Å²) < 4.78 is 0. The Balaban J connectivity index is 0.797. The molecule has 0 atom stereocenters. The van der Waals surface area contributed by atoms with Gasteiger partial charge in [0.05, 0.1) is 0 Å². The molecule has 0 heterocycles. The van der Waals surface area contributed by atoms with Crippen LogP contribution in [-0.4, -0.2) is 0 Å². The van der Waals surface area contributed by atoms with E-state index in [-0.39, 0.29) is 0 Å². The summed E-state index contributed by atoms with van der Waals surface area (Å²) in [4.78, 5) is 0. The number of hydrogen-bond donors (Lipinski definition) is 0. The van der Waals surface area contributed by atoms with E-state index in [0.717, 1.165) is 0 Å². The van der Waals surface area contributed by atoms with Crippen molar-refractivity contribution in [3.63, 3.8) is 0 Å². The molecule has 66 heavy (non-hydrogen) atoms. The van der Waals surface area contributed by atoms with E-state index in [4.69, 9.17) is 0 Å². The Hall–Kier alpha value is -8.58. The van der Waals surface area contributed by atoms with Crippen LogP contribution in [0.3, 0.4) is 0 Å². The molecule has 0 saturated carbocycles. The van der Waals surface area contributed by atoms with E-state index in [1.165, 1.54) is 121 Å². The standard InChI is InChI=1S/C66H44/c1-3-17-50(18-4-1)63-55-22-7-11-26-59(55)65(60-27-12-8-23-56(60)63)52-40-36-48(37-41-52)47-34-32-45(33-35-47)30-31-46-16-15-21-54(44-46)49-38-42-53(43-39-49)66-61-28-13-9-24-57(61)64(51-19-5-2-6-20-51)58-25-10-14-29-62(58)66/h1-44H. The van der Waals surface area contributed by atoms with Crippen LogP contribution in [0.4, 0.5) is 0 Å². The molecule has 12 rings (SSSR count). The molecule has 0 saturated heterocycles. The average Bonchev–Trinajstić information content (AvgIpc) is 3.39. The zero-order valence-electron chi connectivity index (χ0n) is 36.4. The van der Waals surface area contributed by atoms with Crippen LogP contribution in [0.1, 0.15) is 11.1 Å². The van der Waals surface area contributed by atoms with Gasteiger partial charge in [0.15, 0.2) is 0 Å². The maximum Gasteiger partial charge on any atom is -0.00264 e. The Kier molecular flexibility index (Phi) is 9.97. The Morgan fingerprint density at radius 2 is 0.424 bits per heavy atom. The largest absolute Gasteiger partial charge is 0.0622 e. The predicted octanol–water partition coefficient (Wildman–Crippen LogP) is 18.5. The molecule has 12 aromatic carbocycles. The third-order valence-electron chi connectivity index (χ3n) is 13.3. The van der Waals surface area contributed by atoms with E-state index >= 15 is 0 Å². The Morgan fingerprint density at radius 3 is 0.788 bits per heavy atom. The summed E-state index contributed by atoms with van der Waals surface area (Å²) in [5, 5.41) is 10.2. The lowest BCUT2D eigenvalue weighted by Gasteiger charge is -2.18. The number of rotatable bonds is 8. The summed E-state index contributed by atoms with van der Waals surface area (Å²) >= 11 is 0. The van der Waals surface area contributed by atoms with Gasteiger partial charge in [0.2, 0.25) is 0 Å². The molecule has 12 aromatic rings. The van der Waals surface area contributed by atoms with Gasteiger partial charge in [-0.05, 0) is 127 Å². The van der Waals surface area contributed by atoms with Crippen LogP contribution in [0.15, 0.2) is 255 Å². The van der Waals surface area contributed by atoms with Gasteiger partial charge in [-0.1, -0.05) is 261 Å². The van der Waals surface area contributed by atoms with E-state index in [9.17, 15) is 0 Å². The fourth-order valence-corrected chi connectivity index (χ4v) is 10.2. The van der Waals surface area contributed by atoms with E-state index < -0.39 is 0 Å². The van der Waals surface area contributed by atoms with Gasteiger partial charge >= 0.3 is 0 Å². The molecule has 0 aliphatic carbocycles. The summed E-state index contributed by atoms with van der Waals surface area (Å²) in [5.74, 6) is 0. The first kappa shape index (κ1) is 39.0. The molecule has 0 aliphatic rings. The van der Waals surface area contributed by atoms with Crippen molar-refractivity contribution in [1.82, 2.24) is 0 Å². The summed E-state index contributed by atoms with van der Waals surface area (Å²) in [6, 6.07) is 92.9. The van der Waals surface area contributed by atoms with Crippen LogP contribution in [0.25, 0.3) is 122 Å². The van der Waals surface area contributed by atoms with Crippen molar-refractivity contribution in [1.29, 1.82) is 0 Å². The van der Waals surface area contributed by atoms with Crippen molar-refractivity contribution in [2.75, 3.05) is 0 Å². The molecule has 0 heteroatoms. The molecule has 0 radical (unpaired) electrons. The highest BCUT2D eigenvalue weighted by molar-refractivity contribution is 6.22. The first-order valence-corrected chi connectivity index (χ1v) is 22.8. The summed E-state index contributed by atoms with van der Waals surface area (Å²) in [6.07, 6.45) is 4.42. The highest BCUT2D eigenvalue weighted by Crippen LogP contribution is 2.45. The van der Waals surface area contributed by atoms with Crippen molar-refractivity contribution in [3.8, 4) is 66.8 Å². The second-order valence-corrected chi connectivity index (χ2v) is 17.1. The maximum absolute atomic E-state index is 2.29. The summed E-state index contributed by atoms with van der Waals surface area (Å²) in [6.45, 7) is 0. The molecule has 0 nitrogen and oxygen atoms in total. The van der Waals surface area contributed by atoms with Gasteiger partial charge in [-0.15, -0.1) is 0 Å². The average molecular weight is 837 g/mol. The van der Waals surface area contributed by atoms with Crippen molar-refractivity contribution >= 4 is 55.2 Å². The Bertz CT molecular complexity index is 3630. The molecule has 0 N–H and O–H groups in total. The minimum absolute atomic E-state index is 1.17. The second-order valence-electron chi connectivity index (χ2n) is 17.1. The Morgan fingerprint density at radius 1 is 0.167 bits per heavy atom. The number of fused-ring (bicyclic) bond motifs is 4. The monoisotopic (exact) mass is 836 g/mol. The fourth-order valence-electron chi connectivity index (χ4n) is 10.2. The van der Waals surface area contributed by atoms with Gasteiger partial charge in [-0.2, -0.15) is 0 Å². The van der Waals surface area contributed by atoms with Crippen molar-refractivity contribution in [3.05, 3.63) is 266 Å². The molecular formula is C66H44. The number of hydrogen-bond acceptors (Lipinski definition) is 0. The molecule has 0 aromatic heterocycles. The van der Waals surface area contributed by atoms with Gasteiger partial charge in [0, 0.05) is 0 Å². The van der Waals surface area contributed by atoms with Gasteiger partial charge in [-0.25, -0.2) is 0 Å². The molecule has 0 spiro atoms. The smallest absolute Gasteiger partial charge is 0.00264 e. The summed E-state index contributed by atoms with van der Waals surface area (Å²) in [7, 11) is 0. The van der Waals surface area contributed by atoms with Crippen LogP contribution in [0, 0.1) is 0 Å². The van der Waals surface area contributed by atoms with Crippen molar-refractivity contribution < 1.29 is 0 Å². The molecule has 0 unspecified atom stereocenters. The van der Waals surface area contributed by atoms with E-state index in [1.807, 2.05) is 0 Å². The first-order chi connectivity index (χ1) is 32.7. The lowest BCUT2D eigenvalue weighted by Crippen LogP contribution is -1.90. The first-order valence-electron chi connectivity index (χ1n) is 22.8. The van der Waals surface area contributed by atoms with Crippen molar-refractivity contribution in [2.45, 2.75) is 0 Å². The third-order valence-corrected chi connectivity index (χ3v) is 13.3. The molecule has 308 valence electrons. The van der Waals surface area contributed by atoms with Crippen LogP contribution in [-0.2, 0) is 0 Å². The molecule has 0 amide bonds. The zero-order valence-corrected chi connectivity index (χ0v) is 36.4. The van der Waals surface area contributed by atoms with Crippen LogP contribution >= 0.6 is 0 Å². The second kappa shape index (κ2) is 16.8. The van der Waals surface area contributed by atoms with Crippen LogP contribution in [0.2, 0.25) is 0 Å². The highest BCUT2D eigenvalue weighted by atomic mass is 14.2. The Labute approximate surface area is 386 Å². The lowest BCUT2D eigenvalue weighted by molar-refractivity contribution is 1.58. The minimum atomic E-state index is 1.17. The third kappa shape index (κ3) is 7.06. The van der Waals surface area contributed by atoms with E-state index in [2.05, 4.69) is 267 Å². The van der Waals surface area contributed by atoms with Gasteiger partial charge in [-0.3, -0.25) is 0 Å². The predicted molar refractivity (Wildman–Crippen MR) is 284 cm³/mol. The fraction of sp³-hybridized carbons (Fsp3) is 0. The van der Waals surface area contributed by atoms with E-state index in [1.54, 1.807) is 0 Å². The summed E-state index contributed by atoms with van der Waals surface area (Å²) in [5.41, 5.74) is 17.2. The molecule has 0 bridgehead atoms. The molecule has 0 aliphatic heterocycles. The molecule has 0 fully saturated rings. The molecular weight excluding hydrogens is 793 g/mol. The zero-order chi connectivity index (χ0) is 43.8. The normalized spacial score (nSPS) is 11.6. The quantitative estimate of drug-likeness (QED) is 0.106. The van der Waals surface area contributed by atoms with Crippen LogP contribution < -0.4 is 0 Å². The van der Waals surface area contributed by atoms with Gasteiger partial charge < -0.3 is 0 Å². The lowest BCUT2D eigenvalue weighted by atomic mass is 9.86. The highest BCUT2D eigenvalue weighted by Gasteiger charge is 2.18. The van der Waals surface area contributed by atoms with Crippen LogP contribution in [0.5, 0.6) is 0 Å². The van der Waals surface area contributed by atoms with Crippen molar-refractivity contribution in [2.24, 2.45) is 0 Å². The van der Waals surface area contributed by atoms with Gasteiger partial charge in [0.1, 0.15) is 0 Å². The van der Waals surface area contributed by atoms with Gasteiger partial charge in [0.25, 0.3) is 0 Å². The SMILES string of the molecule is C(=Cc1cccc(-c2ccc(-c3c4ccccc4c(-c4ccccc4)c4ccccc34)cc2)c1)c1ccc(-c2ccc(-c3c4ccccc4c(-c4ccccc4)c4ccccc34)cc2)cc1.